The average Bonchev–Trinajstić information content (AvgIpc) is 2.29. The van der Waals surface area contributed by atoms with Crippen molar-refractivity contribution >= 4 is 23.6 Å². The normalized spacial score (nSPS) is 13.9. The van der Waals surface area contributed by atoms with Crippen LogP contribution in [0.2, 0.25) is 0 Å². The fourth-order valence-electron chi connectivity index (χ4n) is 1.63. The lowest BCUT2D eigenvalue weighted by Crippen LogP contribution is -2.34. The highest BCUT2D eigenvalue weighted by molar-refractivity contribution is 8.01. The van der Waals surface area contributed by atoms with Gasteiger partial charge in [-0.2, -0.15) is 0 Å². The molecule has 2 N–H and O–H groups in total. The van der Waals surface area contributed by atoms with Crippen LogP contribution in [0.3, 0.4) is 0 Å². The minimum absolute atomic E-state index is 0.0660. The molecule has 0 fully saturated rings. The minimum atomic E-state index is -0.841. The van der Waals surface area contributed by atoms with E-state index in [1.807, 2.05) is 13.8 Å². The molecule has 0 aliphatic rings. The monoisotopic (exact) mass is 275 g/mol. The summed E-state index contributed by atoms with van der Waals surface area (Å²) in [6.45, 7) is 5.96. The second-order valence-electron chi connectivity index (χ2n) is 4.51. The molecule has 0 aliphatic heterocycles. The third-order valence-electron chi connectivity index (χ3n) is 2.71. The van der Waals surface area contributed by atoms with Gasteiger partial charge < -0.3 is 10.4 Å². The summed E-state index contributed by atoms with van der Waals surface area (Å²) in [7, 11) is 0. The summed E-state index contributed by atoms with van der Waals surface area (Å²) >= 11 is 1.20. The van der Waals surface area contributed by atoms with Crippen LogP contribution in [0, 0.1) is 0 Å². The minimum Gasteiger partial charge on any atom is -0.480 e. The zero-order chi connectivity index (χ0) is 14.0. The highest BCUT2D eigenvalue weighted by Gasteiger charge is 2.17. The van der Waals surface area contributed by atoms with Gasteiger partial charge >= 0.3 is 5.97 Å². The van der Waals surface area contributed by atoms with Gasteiger partial charge in [-0.05, 0) is 19.8 Å². The Balaban J connectivity index is 3.79. The first-order chi connectivity index (χ1) is 8.51. The lowest BCUT2D eigenvalue weighted by molar-refractivity contribution is -0.136. The highest BCUT2D eigenvalue weighted by atomic mass is 32.2. The van der Waals surface area contributed by atoms with E-state index in [0.717, 1.165) is 12.8 Å². The lowest BCUT2D eigenvalue weighted by Gasteiger charge is -2.14. The molecule has 2 atom stereocenters. The van der Waals surface area contributed by atoms with E-state index in [1.165, 1.54) is 24.6 Å². The molecule has 0 saturated carbocycles. The van der Waals surface area contributed by atoms with E-state index in [9.17, 15) is 9.59 Å². The van der Waals surface area contributed by atoms with Gasteiger partial charge in [0.25, 0.3) is 0 Å². The number of unbranched alkanes of at least 4 members (excludes halogenated alkanes) is 2. The smallest absolute Gasteiger partial charge is 0.316 e. The van der Waals surface area contributed by atoms with Gasteiger partial charge in [-0.25, -0.2) is 0 Å². The van der Waals surface area contributed by atoms with Crippen molar-refractivity contribution in [3.05, 3.63) is 0 Å². The van der Waals surface area contributed by atoms with Crippen LogP contribution >= 0.6 is 11.8 Å². The lowest BCUT2D eigenvalue weighted by atomic mass is 10.1. The third-order valence-corrected chi connectivity index (χ3v) is 4.08. The first kappa shape index (κ1) is 17.3. The molecule has 0 aromatic heterocycles. The van der Waals surface area contributed by atoms with E-state index in [-0.39, 0.29) is 17.7 Å². The molecule has 0 rings (SSSR count). The van der Waals surface area contributed by atoms with Gasteiger partial charge in [-0.3, -0.25) is 9.59 Å². The number of carboxylic acids is 1. The van der Waals surface area contributed by atoms with Gasteiger partial charge in [0.15, 0.2) is 0 Å². The molecule has 0 aliphatic carbocycles. The molecule has 0 bridgehead atoms. The first-order valence-electron chi connectivity index (χ1n) is 6.65. The zero-order valence-corrected chi connectivity index (χ0v) is 12.4. The molecule has 0 heterocycles. The Hall–Kier alpha value is -0.710. The van der Waals surface area contributed by atoms with Crippen molar-refractivity contribution in [2.24, 2.45) is 0 Å². The molecule has 5 heteroatoms. The molecule has 0 spiro atoms. The van der Waals surface area contributed by atoms with Crippen LogP contribution in [0.25, 0.3) is 0 Å². The van der Waals surface area contributed by atoms with Crippen LogP contribution in [0.5, 0.6) is 0 Å². The number of hydrogen-bond donors (Lipinski definition) is 2. The number of carbonyl (C=O) groups is 2. The molecule has 0 aromatic rings. The van der Waals surface area contributed by atoms with E-state index in [2.05, 4.69) is 12.2 Å². The Morgan fingerprint density at radius 3 is 2.44 bits per heavy atom. The van der Waals surface area contributed by atoms with Gasteiger partial charge in [0.2, 0.25) is 5.91 Å². The molecular formula is C13H25NO3S. The van der Waals surface area contributed by atoms with Crippen LogP contribution in [-0.2, 0) is 9.59 Å². The van der Waals surface area contributed by atoms with Gasteiger partial charge in [-0.15, -0.1) is 11.8 Å². The average molecular weight is 275 g/mol. The van der Waals surface area contributed by atoms with Crippen LogP contribution < -0.4 is 5.32 Å². The molecule has 106 valence electrons. The van der Waals surface area contributed by atoms with Crippen molar-refractivity contribution in [1.29, 1.82) is 0 Å². The van der Waals surface area contributed by atoms with Crippen molar-refractivity contribution in [2.75, 3.05) is 5.75 Å². The van der Waals surface area contributed by atoms with Crippen molar-refractivity contribution in [3.8, 4) is 0 Å². The fourth-order valence-corrected chi connectivity index (χ4v) is 2.44. The van der Waals surface area contributed by atoms with Crippen molar-refractivity contribution in [3.63, 3.8) is 0 Å². The summed E-state index contributed by atoms with van der Waals surface area (Å²) in [6.07, 6.45) is 5.01. The number of thioether (sulfide) groups is 1. The predicted octanol–water partition coefficient (Wildman–Crippen LogP) is 2.67. The van der Waals surface area contributed by atoms with Crippen LogP contribution in [0.1, 0.15) is 52.9 Å². The third kappa shape index (κ3) is 8.39. The predicted molar refractivity (Wildman–Crippen MR) is 75.9 cm³/mol. The largest absolute Gasteiger partial charge is 0.480 e. The van der Waals surface area contributed by atoms with E-state index >= 15 is 0 Å². The fraction of sp³-hybridized carbons (Fsp3) is 0.846. The van der Waals surface area contributed by atoms with Crippen LogP contribution in [0.4, 0.5) is 0 Å². The maximum Gasteiger partial charge on any atom is 0.316 e. The summed E-state index contributed by atoms with van der Waals surface area (Å²) in [5, 5.41) is 11.3. The van der Waals surface area contributed by atoms with Gasteiger partial charge in [0, 0.05) is 6.04 Å². The number of carboxylic acid groups (broad SMARTS) is 1. The summed E-state index contributed by atoms with van der Waals surface area (Å²) in [6, 6.07) is 0.176. The number of amides is 1. The van der Waals surface area contributed by atoms with E-state index in [4.69, 9.17) is 5.11 Å². The Bertz CT molecular complexity index is 259. The first-order valence-corrected chi connectivity index (χ1v) is 7.69. The molecule has 0 saturated heterocycles. The second kappa shape index (κ2) is 10.2. The maximum atomic E-state index is 11.6. The quantitative estimate of drug-likeness (QED) is 0.602. The van der Waals surface area contributed by atoms with E-state index in [1.54, 1.807) is 0 Å². The number of rotatable bonds is 10. The summed E-state index contributed by atoms with van der Waals surface area (Å²) < 4.78 is 0. The molecule has 18 heavy (non-hydrogen) atoms. The molecule has 0 radical (unpaired) electrons. The number of nitrogens with one attached hydrogen (secondary N) is 1. The number of carbonyl (C=O) groups excluding carboxylic acids is 1. The molecule has 0 aromatic carbocycles. The highest BCUT2D eigenvalue weighted by Crippen LogP contribution is 2.14. The second-order valence-corrected chi connectivity index (χ2v) is 5.70. The van der Waals surface area contributed by atoms with Gasteiger partial charge in [0.1, 0.15) is 5.25 Å². The SMILES string of the molecule is CCCCCC(C)NC(=O)CSC(CC)C(=O)O. The van der Waals surface area contributed by atoms with E-state index < -0.39 is 11.2 Å². The van der Waals surface area contributed by atoms with Crippen molar-refractivity contribution < 1.29 is 14.7 Å². The maximum absolute atomic E-state index is 11.6. The van der Waals surface area contributed by atoms with Gasteiger partial charge in [0.05, 0.1) is 5.75 Å². The molecule has 1 amide bonds. The number of hydrogen-bond acceptors (Lipinski definition) is 3. The van der Waals surface area contributed by atoms with E-state index in [0.29, 0.717) is 6.42 Å². The summed E-state index contributed by atoms with van der Waals surface area (Å²) in [5.41, 5.74) is 0. The molecule has 2 unspecified atom stereocenters. The summed E-state index contributed by atoms with van der Waals surface area (Å²) in [5.74, 6) is -0.682. The standard InChI is InChI=1S/C13H25NO3S/c1-4-6-7-8-10(3)14-12(15)9-18-11(5-2)13(16)17/h10-11H,4-9H2,1-3H3,(H,14,15)(H,16,17). The van der Waals surface area contributed by atoms with Crippen molar-refractivity contribution in [1.82, 2.24) is 5.32 Å². The molecular weight excluding hydrogens is 250 g/mol. The Labute approximate surface area is 114 Å². The number of aliphatic carboxylic acids is 1. The van der Waals surface area contributed by atoms with Crippen LogP contribution in [-0.4, -0.2) is 34.0 Å². The topological polar surface area (TPSA) is 66.4 Å². The molecule has 4 nitrogen and oxygen atoms in total. The Morgan fingerprint density at radius 2 is 1.94 bits per heavy atom. The van der Waals surface area contributed by atoms with Crippen LogP contribution in [0.15, 0.2) is 0 Å². The Morgan fingerprint density at radius 1 is 1.28 bits per heavy atom. The Kier molecular flexibility index (Phi) is 9.83. The van der Waals surface area contributed by atoms with Gasteiger partial charge in [-0.1, -0.05) is 33.1 Å². The van der Waals surface area contributed by atoms with Crippen molar-refractivity contribution in [2.45, 2.75) is 64.2 Å². The summed E-state index contributed by atoms with van der Waals surface area (Å²) in [4.78, 5) is 22.4. The zero-order valence-electron chi connectivity index (χ0n) is 11.6.